The van der Waals surface area contributed by atoms with Gasteiger partial charge in [0.25, 0.3) is 0 Å². The van der Waals surface area contributed by atoms with Gasteiger partial charge in [-0.25, -0.2) is 0 Å². The topological polar surface area (TPSA) is 36.0 Å². The highest BCUT2D eigenvalue weighted by Crippen LogP contribution is 2.27. The smallest absolute Gasteiger partial charge is 0.236 e. The van der Waals surface area contributed by atoms with E-state index < -0.39 is 0 Å². The standard InChI is InChI=1S/C21H31N3O2/c25-21(24-8-3-4-9-24)17-23-12-10-22(11-13-23)16-18-7-14-26-20-6-2-1-5-19(20)15-18/h1-2,5-6,18H,3-4,7-17H2/t18-/m0/s1. The van der Waals surface area contributed by atoms with Crippen molar-refractivity contribution in [3.63, 3.8) is 0 Å². The summed E-state index contributed by atoms with van der Waals surface area (Å²) in [5, 5.41) is 0. The number of likely N-dealkylation sites (tertiary alicyclic amines) is 1. The lowest BCUT2D eigenvalue weighted by atomic mass is 9.96. The highest BCUT2D eigenvalue weighted by atomic mass is 16.5. The first-order valence-electron chi connectivity index (χ1n) is 10.2. The number of nitrogens with zero attached hydrogens (tertiary/aromatic N) is 3. The first-order chi connectivity index (χ1) is 12.8. The van der Waals surface area contributed by atoms with Gasteiger partial charge in [-0.05, 0) is 43.2 Å². The molecule has 142 valence electrons. The van der Waals surface area contributed by atoms with Gasteiger partial charge < -0.3 is 14.5 Å². The molecule has 0 aromatic heterocycles. The SMILES string of the molecule is O=C(CN1CCN(C[C@H]2CCOc3ccccc3C2)CC1)N1CCCC1. The molecule has 3 aliphatic heterocycles. The number of amides is 1. The zero-order valence-corrected chi connectivity index (χ0v) is 15.7. The highest BCUT2D eigenvalue weighted by Gasteiger charge is 2.25. The molecule has 0 saturated carbocycles. The molecule has 26 heavy (non-hydrogen) atoms. The summed E-state index contributed by atoms with van der Waals surface area (Å²) in [5.41, 5.74) is 1.35. The van der Waals surface area contributed by atoms with Crippen LogP contribution in [-0.4, -0.2) is 79.6 Å². The zero-order valence-electron chi connectivity index (χ0n) is 15.7. The molecule has 4 rings (SSSR count). The summed E-state index contributed by atoms with van der Waals surface area (Å²) < 4.78 is 5.91. The van der Waals surface area contributed by atoms with Crippen molar-refractivity contribution >= 4 is 5.91 Å². The van der Waals surface area contributed by atoms with Crippen molar-refractivity contribution in [3.8, 4) is 5.75 Å². The van der Waals surface area contributed by atoms with E-state index in [0.717, 1.165) is 71.0 Å². The van der Waals surface area contributed by atoms with Crippen LogP contribution >= 0.6 is 0 Å². The quantitative estimate of drug-likeness (QED) is 0.824. The minimum atomic E-state index is 0.327. The normalized spacial score (nSPS) is 24.8. The number of carbonyl (C=O) groups excluding carboxylic acids is 1. The third-order valence-corrected chi connectivity index (χ3v) is 6.06. The van der Waals surface area contributed by atoms with Crippen LogP contribution in [0.5, 0.6) is 5.75 Å². The molecule has 1 aromatic rings. The fourth-order valence-corrected chi connectivity index (χ4v) is 4.47. The summed E-state index contributed by atoms with van der Waals surface area (Å²) >= 11 is 0. The number of para-hydroxylation sites is 1. The molecule has 0 bridgehead atoms. The Labute approximate surface area is 156 Å². The molecule has 0 radical (unpaired) electrons. The Bertz CT molecular complexity index is 607. The Balaban J connectivity index is 1.23. The largest absolute Gasteiger partial charge is 0.493 e. The van der Waals surface area contributed by atoms with Gasteiger partial charge in [0.1, 0.15) is 5.75 Å². The Morgan fingerprint density at radius 1 is 1.00 bits per heavy atom. The van der Waals surface area contributed by atoms with Crippen molar-refractivity contribution < 1.29 is 9.53 Å². The van der Waals surface area contributed by atoms with Gasteiger partial charge in [-0.1, -0.05) is 18.2 Å². The van der Waals surface area contributed by atoms with E-state index in [0.29, 0.717) is 18.4 Å². The second-order valence-corrected chi connectivity index (χ2v) is 7.98. The van der Waals surface area contributed by atoms with Crippen molar-refractivity contribution in [2.45, 2.75) is 25.7 Å². The van der Waals surface area contributed by atoms with Crippen molar-refractivity contribution in [3.05, 3.63) is 29.8 Å². The molecule has 0 aliphatic carbocycles. The maximum absolute atomic E-state index is 12.3. The maximum Gasteiger partial charge on any atom is 0.236 e. The zero-order chi connectivity index (χ0) is 17.8. The average molecular weight is 357 g/mol. The van der Waals surface area contributed by atoms with Crippen LogP contribution in [0.3, 0.4) is 0 Å². The first kappa shape index (κ1) is 17.8. The van der Waals surface area contributed by atoms with Gasteiger partial charge in [0, 0.05) is 45.8 Å². The molecule has 0 N–H and O–H groups in total. The molecule has 5 heteroatoms. The minimum absolute atomic E-state index is 0.327. The number of carbonyl (C=O) groups is 1. The van der Waals surface area contributed by atoms with E-state index in [1.807, 2.05) is 4.90 Å². The average Bonchev–Trinajstić information content (AvgIpc) is 3.12. The molecule has 0 spiro atoms. The van der Waals surface area contributed by atoms with Gasteiger partial charge in [0.2, 0.25) is 5.91 Å². The molecular formula is C21H31N3O2. The second-order valence-electron chi connectivity index (χ2n) is 7.98. The van der Waals surface area contributed by atoms with Crippen LogP contribution in [0.4, 0.5) is 0 Å². The molecule has 5 nitrogen and oxygen atoms in total. The van der Waals surface area contributed by atoms with E-state index in [1.165, 1.54) is 18.4 Å². The number of rotatable bonds is 4. The number of benzene rings is 1. The Hall–Kier alpha value is -1.59. The Kier molecular flexibility index (Phi) is 5.75. The van der Waals surface area contributed by atoms with E-state index in [1.54, 1.807) is 0 Å². The summed E-state index contributed by atoms with van der Waals surface area (Å²) in [6, 6.07) is 8.46. The van der Waals surface area contributed by atoms with E-state index in [9.17, 15) is 4.79 Å². The fraction of sp³-hybridized carbons (Fsp3) is 0.667. The molecule has 1 atom stereocenters. The highest BCUT2D eigenvalue weighted by molar-refractivity contribution is 5.78. The predicted molar refractivity (Wildman–Crippen MR) is 102 cm³/mol. The summed E-state index contributed by atoms with van der Waals surface area (Å²) in [6.07, 6.45) is 4.59. The van der Waals surface area contributed by atoms with E-state index in [4.69, 9.17) is 4.74 Å². The van der Waals surface area contributed by atoms with Crippen molar-refractivity contribution in [1.82, 2.24) is 14.7 Å². The first-order valence-corrected chi connectivity index (χ1v) is 10.2. The lowest BCUT2D eigenvalue weighted by Crippen LogP contribution is -2.50. The molecular weight excluding hydrogens is 326 g/mol. The van der Waals surface area contributed by atoms with Gasteiger partial charge in [-0.15, -0.1) is 0 Å². The molecule has 1 amide bonds. The van der Waals surface area contributed by atoms with Crippen LogP contribution in [0.15, 0.2) is 24.3 Å². The Morgan fingerprint density at radius 3 is 2.54 bits per heavy atom. The van der Waals surface area contributed by atoms with Gasteiger partial charge in [0.05, 0.1) is 13.2 Å². The van der Waals surface area contributed by atoms with E-state index >= 15 is 0 Å². The second kappa shape index (κ2) is 8.40. The predicted octanol–water partition coefficient (Wildman–Crippen LogP) is 1.87. The van der Waals surface area contributed by atoms with Crippen LogP contribution in [0, 0.1) is 5.92 Å². The summed E-state index contributed by atoms with van der Waals surface area (Å²) in [6.45, 7) is 8.68. The van der Waals surface area contributed by atoms with Crippen LogP contribution in [0.1, 0.15) is 24.8 Å². The number of ether oxygens (including phenoxy) is 1. The van der Waals surface area contributed by atoms with Crippen LogP contribution < -0.4 is 4.74 Å². The molecule has 3 heterocycles. The molecule has 0 unspecified atom stereocenters. The van der Waals surface area contributed by atoms with Gasteiger partial charge in [-0.3, -0.25) is 9.69 Å². The van der Waals surface area contributed by atoms with Crippen molar-refractivity contribution in [2.75, 3.05) is 59.0 Å². The molecule has 2 fully saturated rings. The molecule has 1 aromatic carbocycles. The van der Waals surface area contributed by atoms with E-state index in [2.05, 4.69) is 34.1 Å². The Morgan fingerprint density at radius 2 is 1.73 bits per heavy atom. The number of hydrogen-bond acceptors (Lipinski definition) is 4. The number of hydrogen-bond donors (Lipinski definition) is 0. The number of fused-ring (bicyclic) bond motifs is 1. The molecule has 3 aliphatic rings. The van der Waals surface area contributed by atoms with Crippen molar-refractivity contribution in [2.24, 2.45) is 5.92 Å². The third-order valence-electron chi connectivity index (χ3n) is 6.06. The van der Waals surface area contributed by atoms with Gasteiger partial charge in [-0.2, -0.15) is 0 Å². The maximum atomic E-state index is 12.3. The third kappa shape index (κ3) is 4.38. The van der Waals surface area contributed by atoms with Crippen LogP contribution in [-0.2, 0) is 11.2 Å². The van der Waals surface area contributed by atoms with Crippen LogP contribution in [0.25, 0.3) is 0 Å². The summed E-state index contributed by atoms with van der Waals surface area (Å²) in [5.74, 6) is 2.06. The molecule has 2 saturated heterocycles. The summed E-state index contributed by atoms with van der Waals surface area (Å²) in [4.78, 5) is 19.3. The van der Waals surface area contributed by atoms with E-state index in [-0.39, 0.29) is 0 Å². The van der Waals surface area contributed by atoms with Crippen molar-refractivity contribution in [1.29, 1.82) is 0 Å². The fourth-order valence-electron chi connectivity index (χ4n) is 4.47. The lowest BCUT2D eigenvalue weighted by Gasteiger charge is -2.36. The number of piperazine rings is 1. The van der Waals surface area contributed by atoms with Crippen LogP contribution in [0.2, 0.25) is 0 Å². The lowest BCUT2D eigenvalue weighted by molar-refractivity contribution is -0.131. The summed E-state index contributed by atoms with van der Waals surface area (Å²) in [7, 11) is 0. The van der Waals surface area contributed by atoms with Gasteiger partial charge >= 0.3 is 0 Å². The minimum Gasteiger partial charge on any atom is -0.493 e. The van der Waals surface area contributed by atoms with Gasteiger partial charge in [0.15, 0.2) is 0 Å². The monoisotopic (exact) mass is 357 g/mol.